The molecule has 0 unspecified atom stereocenters. The van der Waals surface area contributed by atoms with Gasteiger partial charge in [0.2, 0.25) is 11.8 Å². The van der Waals surface area contributed by atoms with E-state index in [4.69, 9.17) is 4.74 Å². The molecule has 1 atom stereocenters. The second kappa shape index (κ2) is 11.0. The number of halogens is 1. The average molecular weight is 580 g/mol. The molecule has 3 heterocycles. The first-order chi connectivity index (χ1) is 19.7. The number of hydrogen-bond acceptors (Lipinski definition) is 7. The molecule has 1 aromatic heterocycles. The predicted octanol–water partition coefficient (Wildman–Crippen LogP) is 4.36. The molecule has 6 bridgehead atoms. The number of fused-ring (bicyclic) bond motifs is 6. The van der Waals surface area contributed by atoms with E-state index in [2.05, 4.69) is 19.6 Å². The molecule has 3 aliphatic rings. The lowest BCUT2D eigenvalue weighted by molar-refractivity contribution is 0.0676. The standard InChI is InChI=1S/C30H34FN5O4S/c1-19-5-3-6-20(2)28(19)26-16-27-33-30(32-26)34-41(38,39)25-8-4-7-21(15-25)29(37)36-14-13-35(17-24(18-36)40-27)23-11-9-22(31)10-12-23/h3-8,15-16,22-24H,9-14,17-18H2,1-2H3,(H,32,33,34)/t22-,23+,24-/m1/s1. The van der Waals surface area contributed by atoms with E-state index < -0.39 is 22.3 Å². The smallest absolute Gasteiger partial charge is 0.264 e. The zero-order valence-corrected chi connectivity index (χ0v) is 24.0. The van der Waals surface area contributed by atoms with Gasteiger partial charge in [-0.15, -0.1) is 0 Å². The van der Waals surface area contributed by atoms with Crippen LogP contribution in [0.3, 0.4) is 0 Å². The van der Waals surface area contributed by atoms with E-state index in [1.807, 2.05) is 32.0 Å². The molecule has 1 saturated carbocycles. The molecule has 41 heavy (non-hydrogen) atoms. The fraction of sp³-hybridized carbons (Fsp3) is 0.433. The number of carbonyl (C=O) groups is 1. The van der Waals surface area contributed by atoms with Gasteiger partial charge in [-0.2, -0.15) is 4.98 Å². The van der Waals surface area contributed by atoms with E-state index in [0.717, 1.165) is 29.5 Å². The molecule has 6 rings (SSSR count). The number of aromatic nitrogens is 2. The number of sulfonamides is 1. The highest BCUT2D eigenvalue weighted by molar-refractivity contribution is 7.92. The summed E-state index contributed by atoms with van der Waals surface area (Å²) in [5.41, 5.74) is 3.64. The number of rotatable bonds is 2. The molecule has 216 valence electrons. The molecule has 2 aromatic carbocycles. The van der Waals surface area contributed by atoms with Crippen LogP contribution in [0.15, 0.2) is 53.4 Å². The number of ether oxygens (including phenoxy) is 1. The number of benzene rings is 2. The first kappa shape index (κ1) is 27.6. The van der Waals surface area contributed by atoms with Crippen LogP contribution in [0.25, 0.3) is 11.3 Å². The number of hydrogen-bond donors (Lipinski definition) is 1. The van der Waals surface area contributed by atoms with E-state index in [1.165, 1.54) is 12.1 Å². The van der Waals surface area contributed by atoms with Crippen LogP contribution in [0, 0.1) is 13.8 Å². The van der Waals surface area contributed by atoms with Crippen LogP contribution in [-0.4, -0.2) is 78.6 Å². The van der Waals surface area contributed by atoms with Gasteiger partial charge in [-0.1, -0.05) is 24.3 Å². The van der Waals surface area contributed by atoms with Crippen LogP contribution in [0.4, 0.5) is 10.3 Å². The van der Waals surface area contributed by atoms with Gasteiger partial charge in [-0.3, -0.25) is 9.69 Å². The third kappa shape index (κ3) is 5.78. The minimum Gasteiger partial charge on any atom is -0.471 e. The second-order valence-corrected chi connectivity index (χ2v) is 12.9. The Morgan fingerprint density at radius 3 is 2.44 bits per heavy atom. The maximum Gasteiger partial charge on any atom is 0.264 e. The summed E-state index contributed by atoms with van der Waals surface area (Å²) in [5.74, 6) is -0.161. The fourth-order valence-corrected chi connectivity index (χ4v) is 7.18. The number of nitrogens with one attached hydrogen (secondary N) is 1. The summed E-state index contributed by atoms with van der Waals surface area (Å²) in [5, 5.41) is 0. The molecule has 1 N–H and O–H groups in total. The largest absolute Gasteiger partial charge is 0.471 e. The summed E-state index contributed by atoms with van der Waals surface area (Å²) in [7, 11) is -4.10. The van der Waals surface area contributed by atoms with Gasteiger partial charge in [-0.05, 0) is 68.9 Å². The first-order valence-corrected chi connectivity index (χ1v) is 15.6. The number of amides is 1. The van der Waals surface area contributed by atoms with Crippen molar-refractivity contribution in [3.05, 3.63) is 65.2 Å². The molecular formula is C30H34FN5O4S. The van der Waals surface area contributed by atoms with Gasteiger partial charge in [0.15, 0.2) is 0 Å². The Hall–Kier alpha value is -3.57. The Morgan fingerprint density at radius 1 is 0.951 bits per heavy atom. The molecule has 1 amide bonds. The third-order valence-electron chi connectivity index (χ3n) is 8.29. The maximum absolute atomic E-state index is 13.9. The fourth-order valence-electron chi connectivity index (χ4n) is 6.19. The maximum atomic E-state index is 13.9. The van der Waals surface area contributed by atoms with Crippen LogP contribution in [0.5, 0.6) is 5.88 Å². The molecule has 1 saturated heterocycles. The monoisotopic (exact) mass is 579 g/mol. The summed E-state index contributed by atoms with van der Waals surface area (Å²) < 4.78 is 49.7. The molecule has 3 aromatic rings. The lowest BCUT2D eigenvalue weighted by Gasteiger charge is -2.35. The van der Waals surface area contributed by atoms with E-state index >= 15 is 0 Å². The highest BCUT2D eigenvalue weighted by Crippen LogP contribution is 2.31. The molecule has 2 aliphatic heterocycles. The van der Waals surface area contributed by atoms with Crippen LogP contribution < -0.4 is 9.46 Å². The highest BCUT2D eigenvalue weighted by atomic mass is 32.2. The predicted molar refractivity (Wildman–Crippen MR) is 153 cm³/mol. The van der Waals surface area contributed by atoms with Crippen LogP contribution in [0.1, 0.15) is 47.2 Å². The van der Waals surface area contributed by atoms with Crippen molar-refractivity contribution in [3.63, 3.8) is 0 Å². The summed E-state index contributed by atoms with van der Waals surface area (Å²) in [6.07, 6.45) is 1.40. The Labute approximate surface area is 239 Å². The van der Waals surface area contributed by atoms with Crippen molar-refractivity contribution in [2.24, 2.45) is 0 Å². The quantitative estimate of drug-likeness (QED) is 0.481. The van der Waals surface area contributed by atoms with Crippen molar-refractivity contribution in [1.82, 2.24) is 19.8 Å². The summed E-state index contributed by atoms with van der Waals surface area (Å²) in [6.45, 7) is 5.86. The SMILES string of the molecule is Cc1cccc(C)c1-c1cc2nc(n1)NS(=O)(=O)c1cccc(c1)C(=O)N1CCN([C@H]3CC[C@@H](F)CC3)C[C@H](C1)O2. The molecule has 0 radical (unpaired) electrons. The molecular weight excluding hydrogens is 545 g/mol. The Morgan fingerprint density at radius 2 is 1.68 bits per heavy atom. The van der Waals surface area contributed by atoms with Gasteiger partial charge in [0.25, 0.3) is 15.9 Å². The average Bonchev–Trinajstić information content (AvgIpc) is 3.15. The Bertz CT molecular complexity index is 1550. The van der Waals surface area contributed by atoms with Crippen LogP contribution >= 0.6 is 0 Å². The van der Waals surface area contributed by atoms with Gasteiger partial charge in [-0.25, -0.2) is 22.5 Å². The normalized spacial score (nSPS) is 24.6. The Balaban J connectivity index is 1.45. The highest BCUT2D eigenvalue weighted by Gasteiger charge is 2.34. The number of anilines is 1. The van der Waals surface area contributed by atoms with Gasteiger partial charge in [0.05, 0.1) is 17.1 Å². The molecule has 2 fully saturated rings. The number of nitrogens with zero attached hydrogens (tertiary/aromatic N) is 4. The van der Waals surface area contributed by atoms with E-state index in [1.54, 1.807) is 23.1 Å². The molecule has 1 aliphatic carbocycles. The summed E-state index contributed by atoms with van der Waals surface area (Å²) >= 11 is 0. The lowest BCUT2D eigenvalue weighted by atomic mass is 9.92. The van der Waals surface area contributed by atoms with E-state index in [9.17, 15) is 17.6 Å². The second-order valence-electron chi connectivity index (χ2n) is 11.2. The zero-order valence-electron chi connectivity index (χ0n) is 23.2. The van der Waals surface area contributed by atoms with Gasteiger partial charge in [0, 0.05) is 42.9 Å². The number of carbonyl (C=O) groups excluding carboxylic acids is 1. The van der Waals surface area contributed by atoms with Crippen LogP contribution in [-0.2, 0) is 10.0 Å². The summed E-state index contributed by atoms with van der Waals surface area (Å²) in [6, 6.07) is 13.9. The minimum absolute atomic E-state index is 0.0536. The summed E-state index contributed by atoms with van der Waals surface area (Å²) in [4.78, 5) is 26.7. The van der Waals surface area contributed by atoms with Crippen molar-refractivity contribution >= 4 is 21.9 Å². The topological polar surface area (TPSA) is 105 Å². The number of alkyl halides is 1. The molecule has 11 heteroatoms. The minimum atomic E-state index is -4.10. The molecule has 0 spiro atoms. The van der Waals surface area contributed by atoms with Gasteiger partial charge < -0.3 is 9.64 Å². The van der Waals surface area contributed by atoms with Crippen LogP contribution in [0.2, 0.25) is 0 Å². The van der Waals surface area contributed by atoms with Gasteiger partial charge in [0.1, 0.15) is 12.3 Å². The third-order valence-corrected chi connectivity index (χ3v) is 9.62. The number of aryl methyl sites for hydroxylation is 2. The zero-order chi connectivity index (χ0) is 28.7. The van der Waals surface area contributed by atoms with Crippen molar-refractivity contribution in [2.45, 2.75) is 62.7 Å². The van der Waals surface area contributed by atoms with E-state index in [-0.39, 0.29) is 34.2 Å². The van der Waals surface area contributed by atoms with Crippen molar-refractivity contribution in [2.75, 3.05) is 30.9 Å². The van der Waals surface area contributed by atoms with Crippen molar-refractivity contribution in [3.8, 4) is 17.1 Å². The van der Waals surface area contributed by atoms with Crippen molar-refractivity contribution in [1.29, 1.82) is 0 Å². The first-order valence-electron chi connectivity index (χ1n) is 14.1. The molecule has 9 nitrogen and oxygen atoms in total. The van der Waals surface area contributed by atoms with Gasteiger partial charge >= 0.3 is 0 Å². The van der Waals surface area contributed by atoms with E-state index in [0.29, 0.717) is 44.7 Å². The lowest BCUT2D eigenvalue weighted by Crippen LogP contribution is -2.44. The van der Waals surface area contributed by atoms with Crippen molar-refractivity contribution < 1.29 is 22.3 Å². The Kier molecular flexibility index (Phi) is 7.41.